The van der Waals surface area contributed by atoms with Crippen LogP contribution in [0.15, 0.2) is 110 Å². The number of rotatable bonds is 21. The van der Waals surface area contributed by atoms with Gasteiger partial charge in [-0.1, -0.05) is 11.3 Å². The van der Waals surface area contributed by atoms with Crippen molar-refractivity contribution < 1.29 is 92.5 Å². The molecule has 10 N–H and O–H groups in total. The minimum atomic E-state index is -5.34. The highest BCUT2D eigenvalue weighted by Gasteiger charge is 2.30. The van der Waals surface area contributed by atoms with Crippen molar-refractivity contribution in [2.45, 2.75) is 58.1 Å². The number of carbonyl (C=O) groups is 1. The van der Waals surface area contributed by atoms with Gasteiger partial charge in [-0.3, -0.25) is 36.5 Å². The Morgan fingerprint density at radius 1 is 0.721 bits per heavy atom. The molecule has 1 amide bonds. The third kappa shape index (κ3) is 14.2. The summed E-state index contributed by atoms with van der Waals surface area (Å²) in [5.41, 5.74) is 3.89. The average molecular weight is 1340 g/mol. The lowest BCUT2D eigenvalue weighted by atomic mass is 10.1. The number of nitrogen functional groups attached to an aromatic ring is 1. The predicted octanol–water partition coefficient (Wildman–Crippen LogP) is 8.24. The number of hydrogen-bond acceptors (Lipinski definition) is 27. The molecule has 86 heavy (non-hydrogen) atoms. The largest absolute Gasteiger partial charge is 0.493 e. The van der Waals surface area contributed by atoms with Gasteiger partial charge in [-0.2, -0.15) is 60.9 Å². The number of amides is 1. The van der Waals surface area contributed by atoms with Crippen molar-refractivity contribution >= 4 is 172 Å². The summed E-state index contributed by atoms with van der Waals surface area (Å²) in [7, 11) is -29.7. The highest BCUT2D eigenvalue weighted by molar-refractivity contribution is 7.99. The number of nitriles is 1. The van der Waals surface area contributed by atoms with Crippen LogP contribution in [0.3, 0.4) is 0 Å². The molecular weight excluding hydrogens is 1300 g/mol. The van der Waals surface area contributed by atoms with Crippen LogP contribution < -0.4 is 15.8 Å². The van der Waals surface area contributed by atoms with Crippen LogP contribution in [0.25, 0.3) is 37.7 Å². The maximum atomic E-state index is 12.6. The molecule has 8 aromatic rings. The Balaban J connectivity index is 1.21. The summed E-state index contributed by atoms with van der Waals surface area (Å²) in [6.45, 7) is 3.61. The van der Waals surface area contributed by atoms with Gasteiger partial charge < -0.3 is 20.9 Å². The molecule has 0 fully saturated rings. The number of ether oxygens (including phenoxy) is 1. The molecule has 0 saturated heterocycles. The van der Waals surface area contributed by atoms with Crippen molar-refractivity contribution in [2.24, 2.45) is 30.7 Å². The second kappa shape index (κ2) is 23.8. The number of nitrogens with one attached hydrogen (secondary N) is 1. The molecule has 0 aliphatic carbocycles. The third-order valence-electron chi connectivity index (χ3n) is 11.9. The molecule has 0 spiro atoms. The molecule has 33 nitrogen and oxygen atoms in total. The number of aromatic hydroxyl groups is 1. The Morgan fingerprint density at radius 3 is 1.98 bits per heavy atom. The maximum absolute atomic E-state index is 12.6. The number of imidazole rings is 1. The Hall–Kier alpha value is -7.83. The zero-order valence-electron chi connectivity index (χ0n) is 43.6. The van der Waals surface area contributed by atoms with Gasteiger partial charge >= 0.3 is 0 Å². The zero-order valence-corrected chi connectivity index (χ0v) is 50.1. The van der Waals surface area contributed by atoms with E-state index in [1.165, 1.54) is 44.2 Å². The van der Waals surface area contributed by atoms with Crippen molar-refractivity contribution in [2.75, 3.05) is 34.9 Å². The summed E-state index contributed by atoms with van der Waals surface area (Å²) in [5, 5.41) is 48.2. The van der Waals surface area contributed by atoms with Gasteiger partial charge in [0.1, 0.15) is 60.2 Å². The van der Waals surface area contributed by atoms with Crippen LogP contribution in [0.4, 0.5) is 44.9 Å². The summed E-state index contributed by atoms with van der Waals surface area (Å²) in [4.78, 5) is 16.4. The van der Waals surface area contributed by atoms with E-state index in [4.69, 9.17) is 10.5 Å². The number of thioether (sulfide) groups is 1. The minimum Gasteiger partial charge on any atom is -0.493 e. The fraction of sp³-hybridized carbons (Fsp3) is 0.200. The number of hydrogen-bond donors (Lipinski definition) is 9. The normalized spacial score (nSPS) is 13.1. The summed E-state index contributed by atoms with van der Waals surface area (Å²) in [6.07, 6.45) is -0.371. The van der Waals surface area contributed by atoms with E-state index in [1.54, 1.807) is 0 Å². The summed E-state index contributed by atoms with van der Waals surface area (Å²) < 4.78 is 211. The maximum Gasteiger partial charge on any atom is 0.298 e. The fourth-order valence-corrected chi connectivity index (χ4v) is 14.1. The molecular formula is C45H40N12O21S8. The van der Waals surface area contributed by atoms with E-state index in [1.807, 2.05) is 6.07 Å². The number of nitrogens with zero attached hydrogens (tertiary/aromatic N) is 10. The van der Waals surface area contributed by atoms with Gasteiger partial charge in [-0.15, -0.1) is 37.3 Å². The Labute approximate surface area is 493 Å². The Morgan fingerprint density at radius 2 is 1.36 bits per heavy atom. The molecule has 41 heteroatoms. The van der Waals surface area contributed by atoms with Crippen LogP contribution in [0.1, 0.15) is 36.5 Å². The number of pyridine rings is 1. The highest BCUT2D eigenvalue weighted by Crippen LogP contribution is 2.46. The molecule has 8 rings (SSSR count). The number of azo groups is 3. The number of fused-ring (bicyclic) bond motifs is 6. The fourth-order valence-electron chi connectivity index (χ4n) is 8.23. The lowest BCUT2D eigenvalue weighted by molar-refractivity contribution is -0.114. The lowest BCUT2D eigenvalue weighted by Crippen LogP contribution is -2.11. The Bertz CT molecular complexity index is 5090. The first-order valence-electron chi connectivity index (χ1n) is 23.5. The van der Waals surface area contributed by atoms with Gasteiger partial charge in [0.05, 0.1) is 50.3 Å². The van der Waals surface area contributed by atoms with Crippen LogP contribution in [-0.2, 0) is 65.5 Å². The molecule has 0 saturated carbocycles. The van der Waals surface area contributed by atoms with Gasteiger partial charge in [0, 0.05) is 34.2 Å². The highest BCUT2D eigenvalue weighted by atomic mass is 32.2. The van der Waals surface area contributed by atoms with E-state index in [2.05, 4.69) is 46.0 Å². The third-order valence-corrected chi connectivity index (χ3v) is 19.2. The first-order valence-corrected chi connectivity index (χ1v) is 34.3. The van der Waals surface area contributed by atoms with Gasteiger partial charge in [0.25, 0.3) is 60.7 Å². The van der Waals surface area contributed by atoms with E-state index in [9.17, 15) is 93.0 Å². The number of aromatic nitrogens is 3. The number of aryl methyl sites for hydroxylation is 1. The molecule has 0 aliphatic heterocycles. The van der Waals surface area contributed by atoms with E-state index in [0.717, 1.165) is 35.2 Å². The van der Waals surface area contributed by atoms with E-state index >= 15 is 0 Å². The monoisotopic (exact) mass is 1340 g/mol. The van der Waals surface area contributed by atoms with E-state index < -0.39 is 125 Å². The van der Waals surface area contributed by atoms with Gasteiger partial charge in [0.15, 0.2) is 11.3 Å². The molecule has 5 aromatic carbocycles. The van der Waals surface area contributed by atoms with Gasteiger partial charge in [0.2, 0.25) is 16.9 Å². The van der Waals surface area contributed by atoms with Gasteiger partial charge in [-0.05, 0) is 86.5 Å². The van der Waals surface area contributed by atoms with Crippen molar-refractivity contribution in [3.05, 3.63) is 71.3 Å². The van der Waals surface area contributed by atoms with Crippen LogP contribution >= 0.6 is 23.1 Å². The molecule has 3 aromatic heterocycles. The van der Waals surface area contributed by atoms with Crippen molar-refractivity contribution in [3.63, 3.8) is 0 Å². The number of anilines is 2. The summed E-state index contributed by atoms with van der Waals surface area (Å²) in [6, 6.07) is 11.2. The van der Waals surface area contributed by atoms with Crippen molar-refractivity contribution in [3.8, 4) is 17.7 Å². The van der Waals surface area contributed by atoms with Crippen LogP contribution in [0.5, 0.6) is 11.6 Å². The standard InChI is InChI=1S/C45H40N12O21S8/c1-20-12-31(53-55-38-21(2)26(19-46)43-49-39-33(57(43)44(38)59)7-6-28(48-22(3)58)42(39)86(75,76)77)34(78-8-4-10-81(60,61)62)17-29(20)51-54-32-16-27(47)30(18-35(32)79-9-5-11-82(63,64)65)52-56-45-50-40-37(85(72,73)74)15-24-25(41(40)80-45)13-23(83(66,67)68)14-36(24)84(69,70)71/h6-7,12-18,59H,4-5,8-11,47H2,1-3H3,(H,48,58)(H,60,61,62)(H,63,64,65)(H,66,67,68)(H,69,70,71)(H,72,73,74)(H,75,76,77). The van der Waals surface area contributed by atoms with E-state index in [-0.39, 0.29) is 108 Å². The average Bonchev–Trinajstić information content (AvgIpc) is 1.49. The summed E-state index contributed by atoms with van der Waals surface area (Å²) >= 11 is 1.46. The van der Waals surface area contributed by atoms with E-state index in [0.29, 0.717) is 29.0 Å². The lowest BCUT2D eigenvalue weighted by Gasteiger charge is -2.12. The SMILES string of the molecule is CC(=O)Nc1ccc2c(nc3c(C#N)c(C)c(N=Nc4cc(C)c(N=Nc5cc(N)c(N=Nc6nc7c(S(=O)(=O)O)cc8c(S(=O)(=O)O)cc(S(=O)(=O)O)cc8c7s6)cc5SCCCS(=O)(=O)O)cc4OCCCS(=O)(=O)O)c(O)n32)c1S(=O)(=O)O. The number of nitrogens with two attached hydrogens (primary N) is 1. The van der Waals surface area contributed by atoms with Crippen LogP contribution in [0, 0.1) is 25.2 Å². The first-order chi connectivity index (χ1) is 39.8. The number of carbonyl (C=O) groups excluding carboxylic acids is 1. The van der Waals surface area contributed by atoms with Crippen molar-refractivity contribution in [1.29, 1.82) is 5.26 Å². The minimum absolute atomic E-state index is 0.00216. The number of benzene rings is 5. The molecule has 0 radical (unpaired) electrons. The molecule has 454 valence electrons. The van der Waals surface area contributed by atoms with Crippen molar-refractivity contribution in [1.82, 2.24) is 14.4 Å². The van der Waals surface area contributed by atoms with Crippen LogP contribution in [-0.4, -0.2) is 127 Å². The molecule has 0 bridgehead atoms. The topological polar surface area (TPSA) is 539 Å². The Kier molecular flexibility index (Phi) is 17.8. The second-order valence-electron chi connectivity index (χ2n) is 18.1. The molecule has 0 atom stereocenters. The van der Waals surface area contributed by atoms with Gasteiger partial charge in [-0.25, -0.2) is 9.97 Å². The quantitative estimate of drug-likeness (QED) is 0.0107. The molecule has 0 unspecified atom stereocenters. The zero-order chi connectivity index (χ0) is 63.4. The second-order valence-corrected chi connectivity index (χ2v) is 28.9. The smallest absolute Gasteiger partial charge is 0.298 e. The molecule has 3 heterocycles. The summed E-state index contributed by atoms with van der Waals surface area (Å²) in [5.74, 6) is -2.97. The predicted molar refractivity (Wildman–Crippen MR) is 307 cm³/mol. The molecule has 0 aliphatic rings. The first kappa shape index (κ1) is 64.2. The van der Waals surface area contributed by atoms with Crippen LogP contribution in [0.2, 0.25) is 0 Å². The number of thiazole rings is 1.